The number of H-pyrrole nitrogens is 1. The number of fused-ring (bicyclic) bond motifs is 1. The van der Waals surface area contributed by atoms with E-state index in [1.54, 1.807) is 0 Å². The van der Waals surface area contributed by atoms with Gasteiger partial charge < -0.3 is 4.98 Å². The van der Waals surface area contributed by atoms with Crippen molar-refractivity contribution in [2.24, 2.45) is 0 Å². The Kier molecular flexibility index (Phi) is 17.3. The topological polar surface area (TPSA) is 28.7 Å². The minimum absolute atomic E-state index is 0.412. The normalized spacial score (nSPS) is 8.36. The summed E-state index contributed by atoms with van der Waals surface area (Å²) in [6, 6.07) is 16.5. The summed E-state index contributed by atoms with van der Waals surface area (Å²) < 4.78 is 0. The molecule has 0 radical (unpaired) electrons. The molecule has 1 heterocycles. The standard InChI is InChI=1S/C14H11ClN2.4C2H6/c15-9-14-16-12-7-6-11(8-13(12)17-14)10-4-2-1-3-5-10;4*1-2/h1-8H,9H2,(H,16,17);4*1-2H3. The molecule has 0 amide bonds. The maximum atomic E-state index is 5.76. The number of nitrogens with one attached hydrogen (secondary N) is 1. The summed E-state index contributed by atoms with van der Waals surface area (Å²) in [6.07, 6.45) is 0. The second-order valence-electron chi connectivity index (χ2n) is 3.92. The summed E-state index contributed by atoms with van der Waals surface area (Å²) in [4.78, 5) is 7.59. The number of rotatable bonds is 2. The Hall–Kier alpha value is -1.80. The fourth-order valence-electron chi connectivity index (χ4n) is 1.94. The van der Waals surface area contributed by atoms with Crippen molar-refractivity contribution in [2.75, 3.05) is 0 Å². The summed E-state index contributed by atoms with van der Waals surface area (Å²) in [5, 5.41) is 0. The molecule has 3 rings (SSSR count). The van der Waals surface area contributed by atoms with Crippen molar-refractivity contribution in [3.63, 3.8) is 0 Å². The highest BCUT2D eigenvalue weighted by Crippen LogP contribution is 2.23. The number of alkyl halides is 1. The van der Waals surface area contributed by atoms with E-state index in [0.717, 1.165) is 16.9 Å². The molecule has 0 atom stereocenters. The van der Waals surface area contributed by atoms with Gasteiger partial charge in [-0.2, -0.15) is 0 Å². The van der Waals surface area contributed by atoms with Crippen LogP contribution < -0.4 is 0 Å². The lowest BCUT2D eigenvalue weighted by Crippen LogP contribution is -1.77. The van der Waals surface area contributed by atoms with Gasteiger partial charge in [-0.3, -0.25) is 0 Å². The van der Waals surface area contributed by atoms with Crippen molar-refractivity contribution in [3.8, 4) is 11.1 Å². The first-order valence-electron chi connectivity index (χ1n) is 9.47. The first-order chi connectivity index (χ1) is 12.4. The summed E-state index contributed by atoms with van der Waals surface area (Å²) in [6.45, 7) is 16.0. The van der Waals surface area contributed by atoms with Gasteiger partial charge in [-0.05, 0) is 23.3 Å². The molecule has 1 N–H and O–H groups in total. The number of aromatic nitrogens is 2. The van der Waals surface area contributed by atoms with E-state index in [1.165, 1.54) is 11.1 Å². The molecule has 0 aliphatic heterocycles. The number of benzene rings is 2. The van der Waals surface area contributed by atoms with E-state index in [1.807, 2.05) is 79.7 Å². The van der Waals surface area contributed by atoms with Gasteiger partial charge in [-0.15, -0.1) is 11.6 Å². The maximum absolute atomic E-state index is 5.76. The van der Waals surface area contributed by atoms with E-state index < -0.39 is 0 Å². The number of hydrogen-bond donors (Lipinski definition) is 1. The monoisotopic (exact) mass is 362 g/mol. The summed E-state index contributed by atoms with van der Waals surface area (Å²) in [5.41, 5.74) is 4.38. The summed E-state index contributed by atoms with van der Waals surface area (Å²) >= 11 is 5.76. The van der Waals surface area contributed by atoms with E-state index in [2.05, 4.69) is 34.2 Å². The molecule has 2 nitrogen and oxygen atoms in total. The molecule has 0 saturated carbocycles. The summed E-state index contributed by atoms with van der Waals surface area (Å²) in [7, 11) is 0. The van der Waals surface area contributed by atoms with Crippen LogP contribution in [0.15, 0.2) is 48.5 Å². The number of imidazole rings is 1. The van der Waals surface area contributed by atoms with E-state index in [9.17, 15) is 0 Å². The number of hydrogen-bond acceptors (Lipinski definition) is 1. The van der Waals surface area contributed by atoms with Crippen molar-refractivity contribution in [1.29, 1.82) is 0 Å². The Morgan fingerprint density at radius 3 is 1.84 bits per heavy atom. The fourth-order valence-corrected chi connectivity index (χ4v) is 2.06. The van der Waals surface area contributed by atoms with Crippen molar-refractivity contribution < 1.29 is 0 Å². The molecule has 0 aliphatic rings. The van der Waals surface area contributed by atoms with Gasteiger partial charge in [0.05, 0.1) is 16.9 Å². The third-order valence-electron chi connectivity index (χ3n) is 2.76. The predicted molar refractivity (Wildman–Crippen MR) is 116 cm³/mol. The molecule has 1 aromatic heterocycles. The van der Waals surface area contributed by atoms with Gasteiger partial charge in [0.25, 0.3) is 0 Å². The average Bonchev–Trinajstić information content (AvgIpc) is 3.17. The van der Waals surface area contributed by atoms with Crippen LogP contribution in [-0.4, -0.2) is 9.97 Å². The zero-order chi connectivity index (χ0) is 19.7. The van der Waals surface area contributed by atoms with Gasteiger partial charge in [0.15, 0.2) is 0 Å². The molecule has 3 aromatic rings. The Bertz CT molecular complexity index is 645. The Morgan fingerprint density at radius 2 is 1.32 bits per heavy atom. The van der Waals surface area contributed by atoms with E-state index in [0.29, 0.717) is 5.88 Å². The predicted octanol–water partition coefficient (Wildman–Crippen LogP) is 8.07. The molecule has 0 fully saturated rings. The van der Waals surface area contributed by atoms with Crippen molar-refractivity contribution in [2.45, 2.75) is 61.3 Å². The van der Waals surface area contributed by atoms with Crippen LogP contribution in [0.25, 0.3) is 22.2 Å². The first kappa shape index (κ1) is 25.4. The lowest BCUT2D eigenvalue weighted by Gasteiger charge is -2.00. The lowest BCUT2D eigenvalue weighted by atomic mass is 10.1. The molecule has 0 saturated heterocycles. The molecule has 0 aliphatic carbocycles. The molecule has 0 spiro atoms. The molecule has 2 aromatic carbocycles. The minimum Gasteiger partial charge on any atom is -0.341 e. The highest BCUT2D eigenvalue weighted by molar-refractivity contribution is 6.16. The zero-order valence-electron chi connectivity index (χ0n) is 17.2. The van der Waals surface area contributed by atoms with Crippen LogP contribution in [0.2, 0.25) is 0 Å². The first-order valence-corrected chi connectivity index (χ1v) is 10.0. The molecule has 3 heteroatoms. The number of nitrogens with zero attached hydrogens (tertiary/aromatic N) is 1. The number of halogens is 1. The smallest absolute Gasteiger partial charge is 0.122 e. The molecule has 0 unspecified atom stereocenters. The van der Waals surface area contributed by atoms with Gasteiger partial charge in [0, 0.05) is 0 Å². The quantitative estimate of drug-likeness (QED) is 0.458. The third kappa shape index (κ3) is 8.22. The second-order valence-corrected chi connectivity index (χ2v) is 4.18. The van der Waals surface area contributed by atoms with Crippen LogP contribution in [0.5, 0.6) is 0 Å². The van der Waals surface area contributed by atoms with Gasteiger partial charge in [-0.1, -0.05) is 91.8 Å². The van der Waals surface area contributed by atoms with Crippen LogP contribution in [0.3, 0.4) is 0 Å². The Morgan fingerprint density at radius 1 is 0.760 bits per heavy atom. The van der Waals surface area contributed by atoms with Crippen molar-refractivity contribution >= 4 is 22.6 Å². The second kappa shape index (κ2) is 17.0. The minimum atomic E-state index is 0.412. The van der Waals surface area contributed by atoms with Crippen molar-refractivity contribution in [3.05, 3.63) is 54.4 Å². The van der Waals surface area contributed by atoms with Crippen LogP contribution in [0.4, 0.5) is 0 Å². The van der Waals surface area contributed by atoms with Crippen LogP contribution in [0, 0.1) is 0 Å². The third-order valence-corrected chi connectivity index (χ3v) is 3.02. The largest absolute Gasteiger partial charge is 0.341 e. The molecular formula is C22H35ClN2. The Labute approximate surface area is 159 Å². The van der Waals surface area contributed by atoms with Crippen molar-refractivity contribution in [1.82, 2.24) is 9.97 Å². The van der Waals surface area contributed by atoms with E-state index in [4.69, 9.17) is 11.6 Å². The lowest BCUT2D eigenvalue weighted by molar-refractivity contribution is 1.13. The maximum Gasteiger partial charge on any atom is 0.122 e. The molecule has 25 heavy (non-hydrogen) atoms. The Balaban J connectivity index is 0. The van der Waals surface area contributed by atoms with Gasteiger partial charge >= 0.3 is 0 Å². The van der Waals surface area contributed by atoms with Crippen LogP contribution in [-0.2, 0) is 5.88 Å². The average molecular weight is 363 g/mol. The molecule has 140 valence electrons. The van der Waals surface area contributed by atoms with E-state index >= 15 is 0 Å². The highest BCUT2D eigenvalue weighted by Gasteiger charge is 2.03. The molecular weight excluding hydrogens is 328 g/mol. The SMILES string of the molecule is CC.CC.CC.CC.ClCc1nc2ccc(-c3ccccc3)cc2[nH]1. The summed E-state index contributed by atoms with van der Waals surface area (Å²) in [5.74, 6) is 1.22. The number of aromatic amines is 1. The molecule has 0 bridgehead atoms. The van der Waals surface area contributed by atoms with Gasteiger partial charge in [0.2, 0.25) is 0 Å². The highest BCUT2D eigenvalue weighted by atomic mass is 35.5. The van der Waals surface area contributed by atoms with E-state index in [-0.39, 0.29) is 0 Å². The van der Waals surface area contributed by atoms with Gasteiger partial charge in [0.1, 0.15) is 5.82 Å². The van der Waals surface area contributed by atoms with Crippen LogP contribution in [0.1, 0.15) is 61.2 Å². The fraction of sp³-hybridized carbons (Fsp3) is 0.409. The zero-order valence-corrected chi connectivity index (χ0v) is 17.9. The van der Waals surface area contributed by atoms with Gasteiger partial charge in [-0.25, -0.2) is 4.98 Å². The van der Waals surface area contributed by atoms with Crippen LogP contribution >= 0.6 is 11.6 Å².